The van der Waals surface area contributed by atoms with Crippen LogP contribution in [0, 0.1) is 17.8 Å². The van der Waals surface area contributed by atoms with Crippen LogP contribution >= 0.6 is 0 Å². The number of hydrogen-bond acceptors (Lipinski definition) is 2. The van der Waals surface area contributed by atoms with E-state index in [-0.39, 0.29) is 5.92 Å². The molecule has 19 heavy (non-hydrogen) atoms. The molecule has 0 radical (unpaired) electrons. The van der Waals surface area contributed by atoms with E-state index in [1.165, 1.54) is 19.3 Å². The van der Waals surface area contributed by atoms with Gasteiger partial charge in [0.25, 0.3) is 0 Å². The lowest BCUT2D eigenvalue weighted by Gasteiger charge is -2.35. The van der Waals surface area contributed by atoms with Gasteiger partial charge in [-0.05, 0) is 25.2 Å². The predicted octanol–water partition coefficient (Wildman–Crippen LogP) is 2.62. The van der Waals surface area contributed by atoms with Gasteiger partial charge in [-0.2, -0.15) is 0 Å². The normalized spacial score (nSPS) is 32.7. The molecule has 3 heteroatoms. The third kappa shape index (κ3) is 3.02. The standard InChI is InChI=1S/C16H25NO2/c18-16(14-5-2-1-3-6-14)17-9-10-19-12-15(11-17)13-7-4-8-13/h1-2,13-15H,3-12H2. The minimum Gasteiger partial charge on any atom is -0.379 e. The Hall–Kier alpha value is -0.830. The van der Waals surface area contributed by atoms with E-state index in [2.05, 4.69) is 17.1 Å². The van der Waals surface area contributed by atoms with Gasteiger partial charge < -0.3 is 9.64 Å². The lowest BCUT2D eigenvalue weighted by Crippen LogP contribution is -2.42. The van der Waals surface area contributed by atoms with Crippen LogP contribution in [-0.2, 0) is 9.53 Å². The Morgan fingerprint density at radius 3 is 2.74 bits per heavy atom. The molecule has 0 aromatic heterocycles. The first kappa shape index (κ1) is 13.2. The van der Waals surface area contributed by atoms with Crippen molar-refractivity contribution in [1.82, 2.24) is 4.90 Å². The van der Waals surface area contributed by atoms with Crippen molar-refractivity contribution in [2.75, 3.05) is 26.3 Å². The van der Waals surface area contributed by atoms with Crippen molar-refractivity contribution in [2.24, 2.45) is 17.8 Å². The molecule has 2 atom stereocenters. The van der Waals surface area contributed by atoms with Gasteiger partial charge in [0, 0.05) is 24.9 Å². The van der Waals surface area contributed by atoms with Crippen LogP contribution in [0.1, 0.15) is 38.5 Å². The van der Waals surface area contributed by atoms with Gasteiger partial charge in [-0.1, -0.05) is 31.4 Å². The number of carbonyl (C=O) groups is 1. The highest BCUT2D eigenvalue weighted by atomic mass is 16.5. The quantitative estimate of drug-likeness (QED) is 0.717. The summed E-state index contributed by atoms with van der Waals surface area (Å²) in [6.07, 6.45) is 11.4. The molecule has 2 fully saturated rings. The zero-order valence-electron chi connectivity index (χ0n) is 11.7. The molecule has 0 aromatic rings. The fraction of sp³-hybridized carbons (Fsp3) is 0.812. The van der Waals surface area contributed by atoms with Gasteiger partial charge in [0.15, 0.2) is 0 Å². The molecule has 0 spiro atoms. The number of rotatable bonds is 2. The van der Waals surface area contributed by atoms with Gasteiger partial charge in [0.05, 0.1) is 13.2 Å². The van der Waals surface area contributed by atoms with Crippen LogP contribution in [-0.4, -0.2) is 37.1 Å². The van der Waals surface area contributed by atoms with Gasteiger partial charge in [0.2, 0.25) is 5.91 Å². The van der Waals surface area contributed by atoms with Gasteiger partial charge in [-0.15, -0.1) is 0 Å². The zero-order chi connectivity index (χ0) is 13.1. The lowest BCUT2D eigenvalue weighted by molar-refractivity contribution is -0.136. The summed E-state index contributed by atoms with van der Waals surface area (Å²) in [5.41, 5.74) is 0. The molecular formula is C16H25NO2. The number of ether oxygens (including phenoxy) is 1. The lowest BCUT2D eigenvalue weighted by atomic mass is 9.76. The molecule has 1 saturated heterocycles. The third-order valence-electron chi connectivity index (χ3n) is 5.04. The van der Waals surface area contributed by atoms with E-state index < -0.39 is 0 Å². The Balaban J connectivity index is 1.61. The molecule has 1 amide bonds. The molecule has 1 heterocycles. The number of amides is 1. The number of carbonyl (C=O) groups excluding carboxylic acids is 1. The topological polar surface area (TPSA) is 29.5 Å². The summed E-state index contributed by atoms with van der Waals surface area (Å²) in [5.74, 6) is 1.99. The summed E-state index contributed by atoms with van der Waals surface area (Å²) in [7, 11) is 0. The van der Waals surface area contributed by atoms with Crippen LogP contribution in [0.15, 0.2) is 12.2 Å². The van der Waals surface area contributed by atoms with Crippen molar-refractivity contribution in [3.8, 4) is 0 Å². The van der Waals surface area contributed by atoms with E-state index in [9.17, 15) is 4.79 Å². The van der Waals surface area contributed by atoms with E-state index in [1.807, 2.05) is 0 Å². The first-order valence-electron chi connectivity index (χ1n) is 7.86. The largest absolute Gasteiger partial charge is 0.379 e. The summed E-state index contributed by atoms with van der Waals surface area (Å²) < 4.78 is 5.72. The van der Waals surface area contributed by atoms with Gasteiger partial charge in [-0.25, -0.2) is 0 Å². The average molecular weight is 263 g/mol. The van der Waals surface area contributed by atoms with Crippen molar-refractivity contribution in [3.05, 3.63) is 12.2 Å². The Morgan fingerprint density at radius 2 is 2.05 bits per heavy atom. The van der Waals surface area contributed by atoms with Crippen molar-refractivity contribution < 1.29 is 9.53 Å². The van der Waals surface area contributed by atoms with Gasteiger partial charge in [0.1, 0.15) is 0 Å². The van der Waals surface area contributed by atoms with Crippen LogP contribution in [0.25, 0.3) is 0 Å². The second-order valence-corrected chi connectivity index (χ2v) is 6.29. The molecule has 3 aliphatic rings. The molecule has 2 aliphatic carbocycles. The van der Waals surface area contributed by atoms with E-state index in [0.717, 1.165) is 51.5 Å². The second-order valence-electron chi connectivity index (χ2n) is 6.29. The minimum absolute atomic E-state index is 0.227. The van der Waals surface area contributed by atoms with Gasteiger partial charge in [-0.3, -0.25) is 4.79 Å². The van der Waals surface area contributed by atoms with Crippen LogP contribution in [0.3, 0.4) is 0 Å². The first-order chi connectivity index (χ1) is 9.34. The Bertz CT molecular complexity index is 349. The molecule has 0 N–H and O–H groups in total. The van der Waals surface area contributed by atoms with Crippen LogP contribution in [0.4, 0.5) is 0 Å². The average Bonchev–Trinajstić information content (AvgIpc) is 2.63. The van der Waals surface area contributed by atoms with Crippen molar-refractivity contribution in [3.63, 3.8) is 0 Å². The third-order valence-corrected chi connectivity index (χ3v) is 5.04. The van der Waals surface area contributed by atoms with Crippen LogP contribution in [0.2, 0.25) is 0 Å². The van der Waals surface area contributed by atoms with E-state index in [4.69, 9.17) is 4.74 Å². The second kappa shape index (κ2) is 6.08. The van der Waals surface area contributed by atoms with E-state index >= 15 is 0 Å². The van der Waals surface area contributed by atoms with Gasteiger partial charge >= 0.3 is 0 Å². The Labute approximate surface area is 116 Å². The maximum Gasteiger partial charge on any atom is 0.226 e. The summed E-state index contributed by atoms with van der Waals surface area (Å²) in [4.78, 5) is 14.7. The molecule has 106 valence electrons. The molecule has 3 nitrogen and oxygen atoms in total. The summed E-state index contributed by atoms with van der Waals surface area (Å²) in [5, 5.41) is 0. The van der Waals surface area contributed by atoms with Crippen molar-refractivity contribution >= 4 is 5.91 Å². The Kier molecular flexibility index (Phi) is 4.21. The highest BCUT2D eigenvalue weighted by Crippen LogP contribution is 2.35. The monoisotopic (exact) mass is 263 g/mol. The molecular weight excluding hydrogens is 238 g/mol. The summed E-state index contributed by atoms with van der Waals surface area (Å²) in [6, 6.07) is 0. The fourth-order valence-corrected chi connectivity index (χ4v) is 3.51. The van der Waals surface area contributed by atoms with Crippen molar-refractivity contribution in [1.29, 1.82) is 0 Å². The molecule has 3 rings (SSSR count). The van der Waals surface area contributed by atoms with E-state index in [0.29, 0.717) is 11.8 Å². The first-order valence-corrected chi connectivity index (χ1v) is 7.86. The van der Waals surface area contributed by atoms with Crippen molar-refractivity contribution in [2.45, 2.75) is 38.5 Å². The SMILES string of the molecule is O=C(C1CC=CCC1)N1CCOCC(C2CCC2)C1. The number of hydrogen-bond donors (Lipinski definition) is 0. The predicted molar refractivity (Wildman–Crippen MR) is 74.7 cm³/mol. The maximum absolute atomic E-state index is 12.6. The molecule has 0 bridgehead atoms. The molecule has 1 aliphatic heterocycles. The molecule has 1 saturated carbocycles. The zero-order valence-corrected chi connectivity index (χ0v) is 11.7. The van der Waals surface area contributed by atoms with Crippen LogP contribution in [0.5, 0.6) is 0 Å². The fourth-order valence-electron chi connectivity index (χ4n) is 3.51. The number of nitrogens with zero attached hydrogens (tertiary/aromatic N) is 1. The minimum atomic E-state index is 0.227. The van der Waals surface area contributed by atoms with Crippen LogP contribution < -0.4 is 0 Å². The molecule has 0 aromatic carbocycles. The highest BCUT2D eigenvalue weighted by Gasteiger charge is 2.33. The molecule has 2 unspecified atom stereocenters. The maximum atomic E-state index is 12.6. The Morgan fingerprint density at radius 1 is 1.16 bits per heavy atom. The summed E-state index contributed by atoms with van der Waals surface area (Å²) >= 11 is 0. The smallest absolute Gasteiger partial charge is 0.226 e. The van der Waals surface area contributed by atoms with E-state index in [1.54, 1.807) is 0 Å². The highest BCUT2D eigenvalue weighted by molar-refractivity contribution is 5.79. The summed E-state index contributed by atoms with van der Waals surface area (Å²) in [6.45, 7) is 3.31. The number of allylic oxidation sites excluding steroid dienone is 2.